The van der Waals surface area contributed by atoms with Gasteiger partial charge in [-0.05, 0) is 19.3 Å². The van der Waals surface area contributed by atoms with Crippen molar-refractivity contribution in [3.05, 3.63) is 12.2 Å². The van der Waals surface area contributed by atoms with Crippen LogP contribution in [-0.4, -0.2) is 24.6 Å². The van der Waals surface area contributed by atoms with Crippen LogP contribution in [-0.2, 0) is 19.1 Å². The first-order chi connectivity index (χ1) is 9.06. The molecule has 1 heterocycles. The summed E-state index contributed by atoms with van der Waals surface area (Å²) < 4.78 is 10.6. The fourth-order valence-electron chi connectivity index (χ4n) is 3.06. The normalized spacial score (nSPS) is 36.8. The molecular formula is C15H22O4. The van der Waals surface area contributed by atoms with Crippen molar-refractivity contribution >= 4 is 11.9 Å². The van der Waals surface area contributed by atoms with Crippen LogP contribution in [0.2, 0.25) is 0 Å². The number of fused-ring (bicyclic) bond motifs is 1. The number of hydrogen-bond acceptors (Lipinski definition) is 4. The van der Waals surface area contributed by atoms with E-state index in [9.17, 15) is 9.59 Å². The smallest absolute Gasteiger partial charge is 0.313 e. The molecule has 0 saturated carbocycles. The van der Waals surface area contributed by atoms with Gasteiger partial charge in [0.25, 0.3) is 0 Å². The van der Waals surface area contributed by atoms with Crippen LogP contribution in [0.25, 0.3) is 0 Å². The number of ether oxygens (including phenoxy) is 2. The van der Waals surface area contributed by atoms with E-state index in [0.717, 1.165) is 12.8 Å². The molecule has 2 aliphatic rings. The van der Waals surface area contributed by atoms with E-state index >= 15 is 0 Å². The van der Waals surface area contributed by atoms with E-state index in [2.05, 4.69) is 6.92 Å². The molecule has 1 aliphatic heterocycles. The molecule has 4 nitrogen and oxygen atoms in total. The topological polar surface area (TPSA) is 52.6 Å². The minimum absolute atomic E-state index is 0.0818. The SMILES string of the molecule is CCCCOC(=O)[C@@H]1[C@@H]2[C@@H](C)OC(=O)[C@@H]2C=C[C@H]1C. The van der Waals surface area contributed by atoms with Gasteiger partial charge in [-0.2, -0.15) is 0 Å². The van der Waals surface area contributed by atoms with E-state index in [1.165, 1.54) is 0 Å². The largest absolute Gasteiger partial charge is 0.465 e. The molecule has 1 saturated heterocycles. The van der Waals surface area contributed by atoms with E-state index < -0.39 is 0 Å². The molecule has 4 heteroatoms. The van der Waals surface area contributed by atoms with Crippen molar-refractivity contribution in [2.24, 2.45) is 23.7 Å². The molecule has 0 bridgehead atoms. The van der Waals surface area contributed by atoms with Gasteiger partial charge in [-0.3, -0.25) is 9.59 Å². The average molecular weight is 266 g/mol. The van der Waals surface area contributed by atoms with E-state index in [-0.39, 0.29) is 41.7 Å². The maximum Gasteiger partial charge on any atom is 0.313 e. The molecule has 1 fully saturated rings. The first-order valence-electron chi connectivity index (χ1n) is 7.11. The summed E-state index contributed by atoms with van der Waals surface area (Å²) in [6, 6.07) is 0. The maximum absolute atomic E-state index is 12.3. The minimum atomic E-state index is -0.282. The average Bonchev–Trinajstić information content (AvgIpc) is 2.65. The quantitative estimate of drug-likeness (QED) is 0.445. The molecule has 106 valence electrons. The molecule has 0 amide bonds. The number of carbonyl (C=O) groups is 2. The molecule has 0 aromatic rings. The lowest BCUT2D eigenvalue weighted by atomic mass is 9.70. The van der Waals surface area contributed by atoms with Gasteiger partial charge in [0.15, 0.2) is 0 Å². The Labute approximate surface area is 114 Å². The summed E-state index contributed by atoms with van der Waals surface area (Å²) in [6.07, 6.45) is 5.48. The molecule has 5 atom stereocenters. The van der Waals surface area contributed by atoms with Crippen molar-refractivity contribution < 1.29 is 19.1 Å². The molecule has 0 N–H and O–H groups in total. The fourth-order valence-corrected chi connectivity index (χ4v) is 3.06. The lowest BCUT2D eigenvalue weighted by Crippen LogP contribution is -2.39. The van der Waals surface area contributed by atoms with Gasteiger partial charge >= 0.3 is 11.9 Å². The highest BCUT2D eigenvalue weighted by atomic mass is 16.6. The van der Waals surface area contributed by atoms with Gasteiger partial charge in [0.2, 0.25) is 0 Å². The molecular weight excluding hydrogens is 244 g/mol. The van der Waals surface area contributed by atoms with Gasteiger partial charge in [-0.15, -0.1) is 0 Å². The van der Waals surface area contributed by atoms with E-state index in [4.69, 9.17) is 9.47 Å². The van der Waals surface area contributed by atoms with Crippen molar-refractivity contribution in [2.45, 2.75) is 39.7 Å². The van der Waals surface area contributed by atoms with Gasteiger partial charge in [0.1, 0.15) is 6.10 Å². The molecule has 1 aliphatic carbocycles. The third-order valence-electron chi connectivity index (χ3n) is 4.15. The molecule has 2 rings (SSSR count). The maximum atomic E-state index is 12.3. The van der Waals surface area contributed by atoms with Crippen molar-refractivity contribution in [3.8, 4) is 0 Å². The Hall–Kier alpha value is -1.32. The van der Waals surface area contributed by atoms with Gasteiger partial charge in [0.05, 0.1) is 18.4 Å². The van der Waals surface area contributed by atoms with Crippen LogP contribution in [0.3, 0.4) is 0 Å². The summed E-state index contributed by atoms with van der Waals surface area (Å²) in [4.78, 5) is 24.0. The monoisotopic (exact) mass is 266 g/mol. The zero-order valence-electron chi connectivity index (χ0n) is 11.8. The van der Waals surface area contributed by atoms with Crippen molar-refractivity contribution in [1.29, 1.82) is 0 Å². The van der Waals surface area contributed by atoms with Crippen LogP contribution in [0, 0.1) is 23.7 Å². The number of carbonyl (C=O) groups excluding carboxylic acids is 2. The Morgan fingerprint density at radius 1 is 1.37 bits per heavy atom. The predicted molar refractivity (Wildman–Crippen MR) is 70.2 cm³/mol. The Morgan fingerprint density at radius 3 is 2.79 bits per heavy atom. The zero-order chi connectivity index (χ0) is 14.0. The van der Waals surface area contributed by atoms with Gasteiger partial charge < -0.3 is 9.47 Å². The van der Waals surface area contributed by atoms with Gasteiger partial charge in [-0.1, -0.05) is 32.4 Å². The van der Waals surface area contributed by atoms with Crippen LogP contribution in [0.1, 0.15) is 33.6 Å². The summed E-state index contributed by atoms with van der Waals surface area (Å²) in [5.41, 5.74) is 0. The Morgan fingerprint density at radius 2 is 2.11 bits per heavy atom. The number of allylic oxidation sites excluding steroid dienone is 1. The van der Waals surface area contributed by atoms with Crippen LogP contribution in [0.4, 0.5) is 0 Å². The second kappa shape index (κ2) is 5.76. The van der Waals surface area contributed by atoms with Crippen LogP contribution in [0.15, 0.2) is 12.2 Å². The van der Waals surface area contributed by atoms with Crippen molar-refractivity contribution in [3.63, 3.8) is 0 Å². The number of unbranched alkanes of at least 4 members (excludes halogenated alkanes) is 1. The summed E-state index contributed by atoms with van der Waals surface area (Å²) >= 11 is 0. The summed E-state index contributed by atoms with van der Waals surface area (Å²) in [5, 5.41) is 0. The molecule has 19 heavy (non-hydrogen) atoms. The fraction of sp³-hybridized carbons (Fsp3) is 0.733. The summed E-state index contributed by atoms with van der Waals surface area (Å²) in [5.74, 6) is -0.949. The number of rotatable bonds is 4. The Balaban J connectivity index is 2.11. The zero-order valence-corrected chi connectivity index (χ0v) is 11.8. The third kappa shape index (κ3) is 2.67. The minimum Gasteiger partial charge on any atom is -0.465 e. The lowest BCUT2D eigenvalue weighted by molar-refractivity contribution is -0.153. The van der Waals surface area contributed by atoms with Crippen molar-refractivity contribution in [2.75, 3.05) is 6.61 Å². The Bertz CT molecular complexity index is 388. The van der Waals surface area contributed by atoms with Crippen LogP contribution in [0.5, 0.6) is 0 Å². The number of cyclic esters (lactones) is 1. The highest BCUT2D eigenvalue weighted by Crippen LogP contribution is 2.42. The predicted octanol–water partition coefficient (Wildman–Crippen LogP) is 2.33. The van der Waals surface area contributed by atoms with Crippen molar-refractivity contribution in [1.82, 2.24) is 0 Å². The third-order valence-corrected chi connectivity index (χ3v) is 4.15. The summed E-state index contributed by atoms with van der Waals surface area (Å²) in [6.45, 7) is 6.37. The second-order valence-corrected chi connectivity index (χ2v) is 5.54. The van der Waals surface area contributed by atoms with E-state index in [1.54, 1.807) is 0 Å². The second-order valence-electron chi connectivity index (χ2n) is 5.54. The Kier molecular flexibility index (Phi) is 4.27. The van der Waals surface area contributed by atoms with Crippen LogP contribution < -0.4 is 0 Å². The first kappa shape index (κ1) is 14.1. The van der Waals surface area contributed by atoms with E-state index in [1.807, 2.05) is 26.0 Å². The number of hydrogen-bond donors (Lipinski definition) is 0. The molecule has 0 radical (unpaired) electrons. The lowest BCUT2D eigenvalue weighted by Gasteiger charge is -2.32. The molecule has 0 unspecified atom stereocenters. The van der Waals surface area contributed by atoms with Gasteiger partial charge in [-0.25, -0.2) is 0 Å². The number of esters is 2. The highest BCUT2D eigenvalue weighted by Gasteiger charge is 2.51. The molecule has 0 aromatic carbocycles. The van der Waals surface area contributed by atoms with Crippen LogP contribution >= 0.6 is 0 Å². The highest BCUT2D eigenvalue weighted by molar-refractivity contribution is 5.81. The van der Waals surface area contributed by atoms with Gasteiger partial charge in [0, 0.05) is 5.92 Å². The first-order valence-corrected chi connectivity index (χ1v) is 7.11. The summed E-state index contributed by atoms with van der Waals surface area (Å²) in [7, 11) is 0. The molecule has 0 aromatic heterocycles. The van der Waals surface area contributed by atoms with E-state index in [0.29, 0.717) is 6.61 Å². The molecule has 0 spiro atoms. The standard InChI is InChI=1S/C15H22O4/c1-4-5-8-18-15(17)12-9(2)6-7-11-13(12)10(3)19-14(11)16/h6-7,9-13H,4-5,8H2,1-3H3/t9-,10-,11-,12+,13-/m1/s1.